The molecule has 2 rings (SSSR count). The lowest BCUT2D eigenvalue weighted by Crippen LogP contribution is -2.35. The van der Waals surface area contributed by atoms with E-state index in [0.29, 0.717) is 11.8 Å². The van der Waals surface area contributed by atoms with Crippen LogP contribution in [-0.4, -0.2) is 22.0 Å². The van der Waals surface area contributed by atoms with Crippen molar-refractivity contribution in [3.05, 3.63) is 11.8 Å². The SMILES string of the molecule is CC(C)C(N)C(=O)c1nnc(CC2CC2)o1.Cl. The fraction of sp³-hybridized carbons (Fsp3) is 0.727. The first kappa shape index (κ1) is 14.1. The van der Waals surface area contributed by atoms with Crippen molar-refractivity contribution in [2.75, 3.05) is 0 Å². The molecular formula is C11H18ClN3O2. The molecule has 0 aromatic carbocycles. The summed E-state index contributed by atoms with van der Waals surface area (Å²) in [5.41, 5.74) is 5.74. The zero-order valence-corrected chi connectivity index (χ0v) is 10.9. The summed E-state index contributed by atoms with van der Waals surface area (Å²) in [5, 5.41) is 7.62. The van der Waals surface area contributed by atoms with Gasteiger partial charge < -0.3 is 10.2 Å². The Balaban J connectivity index is 0.00000144. The van der Waals surface area contributed by atoms with E-state index in [1.807, 2.05) is 13.8 Å². The third-order valence-corrected chi connectivity index (χ3v) is 2.86. The molecule has 0 radical (unpaired) electrons. The van der Waals surface area contributed by atoms with Crippen LogP contribution in [0.2, 0.25) is 0 Å². The minimum Gasteiger partial charge on any atom is -0.418 e. The molecule has 0 amide bonds. The second-order valence-electron chi connectivity index (χ2n) is 4.78. The molecule has 0 bridgehead atoms. The molecule has 17 heavy (non-hydrogen) atoms. The Morgan fingerprint density at radius 1 is 1.47 bits per heavy atom. The van der Waals surface area contributed by atoms with E-state index in [1.54, 1.807) is 0 Å². The van der Waals surface area contributed by atoms with Gasteiger partial charge in [0.1, 0.15) is 0 Å². The first-order valence-corrected chi connectivity index (χ1v) is 5.70. The molecule has 1 atom stereocenters. The lowest BCUT2D eigenvalue weighted by atomic mass is 10.0. The third-order valence-electron chi connectivity index (χ3n) is 2.86. The summed E-state index contributed by atoms with van der Waals surface area (Å²) in [7, 11) is 0. The lowest BCUT2D eigenvalue weighted by molar-refractivity contribution is 0.0904. The van der Waals surface area contributed by atoms with Crippen molar-refractivity contribution >= 4 is 18.2 Å². The first-order valence-electron chi connectivity index (χ1n) is 5.70. The van der Waals surface area contributed by atoms with Gasteiger partial charge in [-0.05, 0) is 24.7 Å². The van der Waals surface area contributed by atoms with Crippen LogP contribution in [-0.2, 0) is 6.42 Å². The third kappa shape index (κ3) is 3.51. The highest BCUT2D eigenvalue weighted by molar-refractivity contribution is 5.95. The number of rotatable bonds is 5. The van der Waals surface area contributed by atoms with E-state index in [4.69, 9.17) is 10.2 Å². The van der Waals surface area contributed by atoms with Gasteiger partial charge in [-0.15, -0.1) is 22.6 Å². The summed E-state index contributed by atoms with van der Waals surface area (Å²) < 4.78 is 5.32. The topological polar surface area (TPSA) is 82.0 Å². The summed E-state index contributed by atoms with van der Waals surface area (Å²) >= 11 is 0. The summed E-state index contributed by atoms with van der Waals surface area (Å²) in [4.78, 5) is 11.8. The van der Waals surface area contributed by atoms with Gasteiger partial charge in [0.25, 0.3) is 5.89 Å². The molecule has 0 aliphatic heterocycles. The smallest absolute Gasteiger partial charge is 0.285 e. The van der Waals surface area contributed by atoms with Crippen LogP contribution in [0.3, 0.4) is 0 Å². The van der Waals surface area contributed by atoms with Crippen molar-refractivity contribution in [1.82, 2.24) is 10.2 Å². The molecule has 0 spiro atoms. The van der Waals surface area contributed by atoms with Crippen molar-refractivity contribution < 1.29 is 9.21 Å². The predicted molar refractivity (Wildman–Crippen MR) is 65.1 cm³/mol. The Hall–Kier alpha value is -0.940. The minimum atomic E-state index is -0.561. The number of aromatic nitrogens is 2. The molecule has 1 aliphatic rings. The first-order chi connectivity index (χ1) is 7.58. The number of hydrogen-bond donors (Lipinski definition) is 1. The highest BCUT2D eigenvalue weighted by Crippen LogP contribution is 2.32. The van der Waals surface area contributed by atoms with E-state index in [1.165, 1.54) is 12.8 Å². The van der Waals surface area contributed by atoms with E-state index in [-0.39, 0.29) is 30.0 Å². The van der Waals surface area contributed by atoms with Crippen LogP contribution in [0.15, 0.2) is 4.42 Å². The highest BCUT2D eigenvalue weighted by atomic mass is 35.5. The summed E-state index contributed by atoms with van der Waals surface area (Å²) in [6.07, 6.45) is 3.23. The zero-order chi connectivity index (χ0) is 11.7. The average molecular weight is 260 g/mol. The van der Waals surface area contributed by atoms with Crippen LogP contribution in [0, 0.1) is 11.8 Å². The number of hydrogen-bond acceptors (Lipinski definition) is 5. The Morgan fingerprint density at radius 3 is 2.65 bits per heavy atom. The second kappa shape index (κ2) is 5.60. The summed E-state index contributed by atoms with van der Waals surface area (Å²) in [6.45, 7) is 3.79. The lowest BCUT2D eigenvalue weighted by Gasteiger charge is -2.10. The quantitative estimate of drug-likeness (QED) is 0.813. The molecule has 1 saturated carbocycles. The molecule has 2 N–H and O–H groups in total. The number of carbonyl (C=O) groups excluding carboxylic acids is 1. The van der Waals surface area contributed by atoms with Gasteiger partial charge in [0, 0.05) is 6.42 Å². The van der Waals surface area contributed by atoms with Gasteiger partial charge in [-0.3, -0.25) is 4.79 Å². The monoisotopic (exact) mass is 259 g/mol. The molecule has 1 aromatic heterocycles. The molecule has 1 aromatic rings. The largest absolute Gasteiger partial charge is 0.418 e. The van der Waals surface area contributed by atoms with Gasteiger partial charge in [-0.25, -0.2) is 0 Å². The van der Waals surface area contributed by atoms with Crippen molar-refractivity contribution in [3.8, 4) is 0 Å². The van der Waals surface area contributed by atoms with Gasteiger partial charge in [-0.1, -0.05) is 13.8 Å². The van der Waals surface area contributed by atoms with Crippen molar-refractivity contribution in [3.63, 3.8) is 0 Å². The fourth-order valence-electron chi connectivity index (χ4n) is 1.45. The average Bonchev–Trinajstić information content (AvgIpc) is 2.92. The number of carbonyl (C=O) groups is 1. The van der Waals surface area contributed by atoms with Crippen molar-refractivity contribution in [1.29, 1.82) is 0 Å². The Labute approximate surface area is 107 Å². The number of nitrogens with two attached hydrogens (primary N) is 1. The predicted octanol–water partition coefficient (Wildman–Crippen LogP) is 1.61. The van der Waals surface area contributed by atoms with Crippen LogP contribution in [0.1, 0.15) is 43.3 Å². The Morgan fingerprint density at radius 2 is 2.12 bits per heavy atom. The maximum Gasteiger partial charge on any atom is 0.285 e. The minimum absolute atomic E-state index is 0. The Bertz CT molecular complexity index is 388. The molecule has 6 heteroatoms. The number of ketones is 1. The Kier molecular flexibility index (Phi) is 4.65. The molecule has 5 nitrogen and oxygen atoms in total. The number of halogens is 1. The van der Waals surface area contributed by atoms with Crippen LogP contribution in [0.5, 0.6) is 0 Å². The molecule has 1 heterocycles. The second-order valence-corrected chi connectivity index (χ2v) is 4.78. The number of Topliss-reactive ketones (excluding diaryl/α,β-unsaturated/α-hetero) is 1. The van der Waals surface area contributed by atoms with Gasteiger partial charge in [0.15, 0.2) is 0 Å². The maximum atomic E-state index is 11.8. The van der Waals surface area contributed by atoms with E-state index in [9.17, 15) is 4.79 Å². The van der Waals surface area contributed by atoms with Gasteiger partial charge in [0.05, 0.1) is 6.04 Å². The van der Waals surface area contributed by atoms with E-state index in [2.05, 4.69) is 10.2 Å². The fourth-order valence-corrected chi connectivity index (χ4v) is 1.45. The van der Waals surface area contributed by atoms with E-state index < -0.39 is 6.04 Å². The molecule has 1 aliphatic carbocycles. The van der Waals surface area contributed by atoms with Gasteiger partial charge in [0.2, 0.25) is 11.7 Å². The standard InChI is InChI=1S/C11H17N3O2.ClH/c1-6(2)9(12)10(15)11-14-13-8(16-11)5-7-3-4-7;/h6-7,9H,3-5,12H2,1-2H3;1H. The van der Waals surface area contributed by atoms with Crippen LogP contribution >= 0.6 is 12.4 Å². The van der Waals surface area contributed by atoms with Gasteiger partial charge >= 0.3 is 0 Å². The zero-order valence-electron chi connectivity index (χ0n) is 10.0. The van der Waals surface area contributed by atoms with Crippen LogP contribution in [0.25, 0.3) is 0 Å². The summed E-state index contributed by atoms with van der Waals surface area (Å²) in [6, 6.07) is -0.561. The molecule has 1 fully saturated rings. The van der Waals surface area contributed by atoms with Crippen LogP contribution < -0.4 is 5.73 Å². The number of nitrogens with zero attached hydrogens (tertiary/aromatic N) is 2. The summed E-state index contributed by atoms with van der Waals surface area (Å²) in [5.74, 6) is 1.09. The maximum absolute atomic E-state index is 11.8. The molecule has 96 valence electrons. The molecule has 0 saturated heterocycles. The molecule has 1 unspecified atom stereocenters. The molecular weight excluding hydrogens is 242 g/mol. The van der Waals surface area contributed by atoms with Crippen molar-refractivity contribution in [2.45, 2.75) is 39.2 Å². The van der Waals surface area contributed by atoms with E-state index >= 15 is 0 Å². The normalized spacial score (nSPS) is 16.7. The van der Waals surface area contributed by atoms with Gasteiger partial charge in [-0.2, -0.15) is 0 Å². The van der Waals surface area contributed by atoms with Crippen molar-refractivity contribution in [2.24, 2.45) is 17.6 Å². The highest BCUT2D eigenvalue weighted by Gasteiger charge is 2.27. The van der Waals surface area contributed by atoms with Crippen LogP contribution in [0.4, 0.5) is 0 Å². The van der Waals surface area contributed by atoms with E-state index in [0.717, 1.165) is 6.42 Å².